The van der Waals surface area contributed by atoms with Crippen LogP contribution < -0.4 is 5.73 Å². The summed E-state index contributed by atoms with van der Waals surface area (Å²) in [6.45, 7) is 0. The monoisotopic (exact) mass is 292 g/mol. The van der Waals surface area contributed by atoms with E-state index in [2.05, 4.69) is 20.5 Å². The number of aromatic nitrogens is 5. The minimum Gasteiger partial charge on any atom is -0.398 e. The SMILES string of the molecule is Cl.Nc1cc(-n2cnnn2)c(F)cc1-c1ccccn1. The first-order valence-corrected chi connectivity index (χ1v) is 5.49. The van der Waals surface area contributed by atoms with Gasteiger partial charge in [-0.25, -0.2) is 4.39 Å². The zero-order valence-electron chi connectivity index (χ0n) is 10.1. The number of halogens is 2. The molecule has 20 heavy (non-hydrogen) atoms. The molecule has 0 saturated heterocycles. The number of anilines is 1. The van der Waals surface area contributed by atoms with Crippen LogP contribution in [-0.4, -0.2) is 25.2 Å². The van der Waals surface area contributed by atoms with E-state index >= 15 is 0 Å². The molecule has 2 N–H and O–H groups in total. The summed E-state index contributed by atoms with van der Waals surface area (Å²) >= 11 is 0. The van der Waals surface area contributed by atoms with Crippen molar-refractivity contribution < 1.29 is 4.39 Å². The summed E-state index contributed by atoms with van der Waals surface area (Å²) in [5.74, 6) is -0.470. The summed E-state index contributed by atoms with van der Waals surface area (Å²) < 4.78 is 15.3. The van der Waals surface area contributed by atoms with Crippen molar-refractivity contribution in [3.05, 3.63) is 48.7 Å². The predicted molar refractivity (Wildman–Crippen MR) is 74.0 cm³/mol. The number of tetrazole rings is 1. The summed E-state index contributed by atoms with van der Waals surface area (Å²) in [5.41, 5.74) is 7.69. The molecule has 0 unspecified atom stereocenters. The van der Waals surface area contributed by atoms with Crippen LogP contribution in [0.5, 0.6) is 0 Å². The Bertz CT molecular complexity index is 701. The maximum absolute atomic E-state index is 14.1. The summed E-state index contributed by atoms with van der Waals surface area (Å²) in [7, 11) is 0. The van der Waals surface area contributed by atoms with Gasteiger partial charge in [-0.3, -0.25) is 4.98 Å². The molecule has 0 spiro atoms. The molecule has 2 heterocycles. The van der Waals surface area contributed by atoms with Gasteiger partial charge in [0.1, 0.15) is 17.8 Å². The molecule has 0 atom stereocenters. The Hall–Kier alpha value is -2.54. The van der Waals surface area contributed by atoms with Gasteiger partial charge in [-0.2, -0.15) is 4.68 Å². The van der Waals surface area contributed by atoms with Crippen molar-refractivity contribution in [1.82, 2.24) is 25.2 Å². The lowest BCUT2D eigenvalue weighted by Gasteiger charge is -2.08. The second kappa shape index (κ2) is 5.62. The lowest BCUT2D eigenvalue weighted by molar-refractivity contribution is 0.607. The molecule has 8 heteroatoms. The third kappa shape index (κ3) is 2.43. The highest BCUT2D eigenvalue weighted by molar-refractivity contribution is 5.85. The summed E-state index contributed by atoms with van der Waals surface area (Å²) in [5, 5.41) is 10.6. The number of nitrogens with two attached hydrogens (primary N) is 1. The quantitative estimate of drug-likeness (QED) is 0.729. The lowest BCUT2D eigenvalue weighted by atomic mass is 10.1. The van der Waals surface area contributed by atoms with E-state index in [1.807, 2.05) is 6.07 Å². The van der Waals surface area contributed by atoms with E-state index in [-0.39, 0.29) is 18.1 Å². The molecule has 0 amide bonds. The maximum Gasteiger partial charge on any atom is 0.149 e. The smallest absolute Gasteiger partial charge is 0.149 e. The number of hydrogen-bond donors (Lipinski definition) is 1. The summed E-state index contributed by atoms with van der Waals surface area (Å²) in [6.07, 6.45) is 2.93. The number of hydrogen-bond acceptors (Lipinski definition) is 5. The summed E-state index contributed by atoms with van der Waals surface area (Å²) in [4.78, 5) is 4.15. The highest BCUT2D eigenvalue weighted by Gasteiger charge is 2.12. The molecule has 3 aromatic rings. The second-order valence-electron chi connectivity index (χ2n) is 3.86. The number of benzene rings is 1. The van der Waals surface area contributed by atoms with Crippen molar-refractivity contribution in [2.45, 2.75) is 0 Å². The Morgan fingerprint density at radius 1 is 1.20 bits per heavy atom. The molecule has 6 nitrogen and oxygen atoms in total. The molecule has 0 radical (unpaired) electrons. The van der Waals surface area contributed by atoms with E-state index in [1.165, 1.54) is 23.1 Å². The highest BCUT2D eigenvalue weighted by atomic mass is 35.5. The number of nitrogens with zero attached hydrogens (tertiary/aromatic N) is 5. The molecule has 102 valence electrons. The van der Waals surface area contributed by atoms with Crippen LogP contribution in [0, 0.1) is 5.82 Å². The van der Waals surface area contributed by atoms with Crippen LogP contribution in [0.1, 0.15) is 0 Å². The molecular formula is C12H10ClFN6. The molecule has 3 rings (SSSR count). The Kier molecular flexibility index (Phi) is 3.90. The predicted octanol–water partition coefficient (Wildman–Crippen LogP) is 1.87. The first-order chi connectivity index (χ1) is 9.25. The van der Waals surface area contributed by atoms with Crippen LogP contribution in [0.2, 0.25) is 0 Å². The Morgan fingerprint density at radius 3 is 2.70 bits per heavy atom. The molecule has 0 aliphatic carbocycles. The van der Waals surface area contributed by atoms with E-state index in [0.29, 0.717) is 16.9 Å². The van der Waals surface area contributed by atoms with Crippen molar-refractivity contribution in [2.24, 2.45) is 0 Å². The Morgan fingerprint density at radius 2 is 2.05 bits per heavy atom. The fourth-order valence-corrected chi connectivity index (χ4v) is 1.77. The second-order valence-corrected chi connectivity index (χ2v) is 3.86. The standard InChI is InChI=1S/C12H9FN6.ClH/c13-9-5-8(11-3-1-2-4-15-11)10(14)6-12(9)19-7-16-17-18-19;/h1-7H,14H2;1H. The lowest BCUT2D eigenvalue weighted by Crippen LogP contribution is -2.02. The van der Waals surface area contributed by atoms with Crippen molar-refractivity contribution in [3.8, 4) is 16.9 Å². The third-order valence-corrected chi connectivity index (χ3v) is 2.66. The fourth-order valence-electron chi connectivity index (χ4n) is 1.77. The minimum atomic E-state index is -0.470. The van der Waals surface area contributed by atoms with Gasteiger partial charge in [-0.15, -0.1) is 17.5 Å². The van der Waals surface area contributed by atoms with Gasteiger partial charge < -0.3 is 5.73 Å². The van der Waals surface area contributed by atoms with Crippen molar-refractivity contribution >= 4 is 18.1 Å². The van der Waals surface area contributed by atoms with Gasteiger partial charge in [0, 0.05) is 17.4 Å². The first-order valence-electron chi connectivity index (χ1n) is 5.49. The number of rotatable bonds is 2. The fraction of sp³-hybridized carbons (Fsp3) is 0. The highest BCUT2D eigenvalue weighted by Crippen LogP contribution is 2.28. The first kappa shape index (κ1) is 13.9. The minimum absolute atomic E-state index is 0. The van der Waals surface area contributed by atoms with Gasteiger partial charge in [0.15, 0.2) is 0 Å². The molecule has 0 aliphatic rings. The Labute approximate surface area is 119 Å². The van der Waals surface area contributed by atoms with Crippen molar-refractivity contribution in [1.29, 1.82) is 0 Å². The van der Waals surface area contributed by atoms with Crippen molar-refractivity contribution in [2.75, 3.05) is 5.73 Å². The van der Waals surface area contributed by atoms with Crippen LogP contribution in [-0.2, 0) is 0 Å². The average molecular weight is 293 g/mol. The topological polar surface area (TPSA) is 82.5 Å². The molecular weight excluding hydrogens is 283 g/mol. The van der Waals surface area contributed by atoms with Crippen LogP contribution in [0.4, 0.5) is 10.1 Å². The van der Waals surface area contributed by atoms with Gasteiger partial charge in [0.25, 0.3) is 0 Å². The zero-order valence-corrected chi connectivity index (χ0v) is 11.0. The molecule has 0 saturated carbocycles. The molecule has 2 aromatic heterocycles. The van der Waals surface area contributed by atoms with Gasteiger partial charge in [-0.1, -0.05) is 6.07 Å². The number of pyridine rings is 1. The normalized spacial score (nSPS) is 10.1. The van der Waals surface area contributed by atoms with Crippen LogP contribution >= 0.6 is 12.4 Å². The zero-order chi connectivity index (χ0) is 13.2. The number of nitrogen functional groups attached to an aromatic ring is 1. The van der Waals surface area contributed by atoms with Gasteiger partial charge >= 0.3 is 0 Å². The van der Waals surface area contributed by atoms with E-state index in [4.69, 9.17) is 5.73 Å². The van der Waals surface area contributed by atoms with Crippen molar-refractivity contribution in [3.63, 3.8) is 0 Å². The largest absolute Gasteiger partial charge is 0.398 e. The van der Waals surface area contributed by atoms with E-state index in [0.717, 1.165) is 0 Å². The molecule has 0 bridgehead atoms. The third-order valence-electron chi connectivity index (χ3n) is 2.66. The molecule has 0 fully saturated rings. The molecule has 1 aromatic carbocycles. The van der Waals surface area contributed by atoms with Gasteiger partial charge in [0.2, 0.25) is 0 Å². The maximum atomic E-state index is 14.1. The van der Waals surface area contributed by atoms with Gasteiger partial charge in [-0.05, 0) is 34.7 Å². The van der Waals surface area contributed by atoms with E-state index in [9.17, 15) is 4.39 Å². The Balaban J connectivity index is 0.00000147. The molecule has 0 aliphatic heterocycles. The average Bonchev–Trinajstić information content (AvgIpc) is 2.96. The van der Waals surface area contributed by atoms with Crippen LogP contribution in [0.25, 0.3) is 16.9 Å². The van der Waals surface area contributed by atoms with Gasteiger partial charge in [0.05, 0.1) is 5.69 Å². The van der Waals surface area contributed by atoms with Crippen LogP contribution in [0.15, 0.2) is 42.9 Å². The van der Waals surface area contributed by atoms with E-state index < -0.39 is 5.82 Å². The van der Waals surface area contributed by atoms with Crippen LogP contribution in [0.3, 0.4) is 0 Å². The van der Waals surface area contributed by atoms with E-state index in [1.54, 1.807) is 18.3 Å². The summed E-state index contributed by atoms with van der Waals surface area (Å²) in [6, 6.07) is 8.17.